The van der Waals surface area contributed by atoms with Gasteiger partial charge in [-0.25, -0.2) is 9.97 Å². The standard InChI is InChI=1S/C27H27F2N7O3/c28-27(29)39-23-15-19-5-2-1-4-18(19)14-20(23)24-22(17-36(34-24)9-8-35-10-12-38-13-11-35)33-26(37)21(16-30)25-31-6-3-7-32-25/h1-7,14-17,27H,8-13,30H2,(H,33,37). The number of hydrogen-bond acceptors (Lipinski definition) is 8. The van der Waals surface area contributed by atoms with Crippen LogP contribution in [-0.4, -0.2) is 70.0 Å². The van der Waals surface area contributed by atoms with Crippen molar-refractivity contribution in [2.45, 2.75) is 13.2 Å². The Bertz CT molecular complexity index is 1470. The molecule has 0 unspecified atom stereocenters. The van der Waals surface area contributed by atoms with Crippen LogP contribution in [0.25, 0.3) is 27.6 Å². The summed E-state index contributed by atoms with van der Waals surface area (Å²) in [6.45, 7) is 1.07. The highest BCUT2D eigenvalue weighted by Gasteiger charge is 2.23. The molecule has 5 rings (SSSR count). The molecule has 0 atom stereocenters. The van der Waals surface area contributed by atoms with Crippen LogP contribution in [0.15, 0.2) is 67.3 Å². The molecule has 39 heavy (non-hydrogen) atoms. The lowest BCUT2D eigenvalue weighted by atomic mass is 10.0. The van der Waals surface area contributed by atoms with Gasteiger partial charge < -0.3 is 20.5 Å². The highest BCUT2D eigenvalue weighted by atomic mass is 19.3. The van der Waals surface area contributed by atoms with E-state index in [1.807, 2.05) is 18.2 Å². The zero-order valence-corrected chi connectivity index (χ0v) is 21.0. The number of amides is 1. The molecule has 12 heteroatoms. The number of nitrogens with zero attached hydrogens (tertiary/aromatic N) is 5. The summed E-state index contributed by atoms with van der Waals surface area (Å²) in [6.07, 6.45) is 5.78. The number of morpholine rings is 1. The molecule has 0 radical (unpaired) electrons. The number of rotatable bonds is 9. The number of nitrogens with two attached hydrogens (primary N) is 1. The van der Waals surface area contributed by atoms with Gasteiger partial charge in [0.15, 0.2) is 5.82 Å². The minimum Gasteiger partial charge on any atom is -0.434 e. The van der Waals surface area contributed by atoms with Crippen LogP contribution >= 0.6 is 0 Å². The van der Waals surface area contributed by atoms with Crippen LogP contribution in [0.4, 0.5) is 14.5 Å². The van der Waals surface area contributed by atoms with E-state index >= 15 is 0 Å². The molecule has 3 heterocycles. The molecule has 1 fully saturated rings. The maximum Gasteiger partial charge on any atom is 0.387 e. The van der Waals surface area contributed by atoms with Gasteiger partial charge in [-0.15, -0.1) is 0 Å². The molecule has 1 amide bonds. The molecule has 0 spiro atoms. The Hall–Kier alpha value is -4.42. The first kappa shape index (κ1) is 26.2. The number of fused-ring (bicyclic) bond motifs is 1. The molecule has 3 N–H and O–H groups in total. The van der Waals surface area contributed by atoms with Crippen molar-refractivity contribution in [2.75, 3.05) is 38.2 Å². The first-order chi connectivity index (χ1) is 19.0. The highest BCUT2D eigenvalue weighted by molar-refractivity contribution is 6.24. The van der Waals surface area contributed by atoms with Crippen molar-refractivity contribution in [3.05, 3.63) is 73.1 Å². The molecule has 0 bridgehead atoms. The van der Waals surface area contributed by atoms with Gasteiger partial charge in [0, 0.05) is 50.0 Å². The second-order valence-corrected chi connectivity index (χ2v) is 8.79. The number of nitrogens with one attached hydrogen (secondary N) is 1. The third-order valence-electron chi connectivity index (χ3n) is 6.30. The molecule has 202 valence electrons. The lowest BCUT2D eigenvalue weighted by Gasteiger charge is -2.26. The van der Waals surface area contributed by atoms with Gasteiger partial charge in [-0.05, 0) is 29.0 Å². The molecule has 1 aliphatic rings. The van der Waals surface area contributed by atoms with E-state index in [2.05, 4.69) is 25.3 Å². The molecule has 2 aromatic carbocycles. The number of alkyl halides is 2. The number of ether oxygens (including phenoxy) is 2. The van der Waals surface area contributed by atoms with Gasteiger partial charge in [-0.3, -0.25) is 14.4 Å². The molecule has 1 saturated heterocycles. The number of benzene rings is 2. The van der Waals surface area contributed by atoms with Crippen LogP contribution in [0.1, 0.15) is 5.82 Å². The lowest BCUT2D eigenvalue weighted by molar-refractivity contribution is -0.111. The average molecular weight is 536 g/mol. The summed E-state index contributed by atoms with van der Waals surface area (Å²) in [7, 11) is 0. The van der Waals surface area contributed by atoms with Crippen LogP contribution in [0.3, 0.4) is 0 Å². The van der Waals surface area contributed by atoms with Crippen molar-refractivity contribution in [1.82, 2.24) is 24.6 Å². The maximum absolute atomic E-state index is 13.4. The number of aromatic nitrogens is 4. The van der Waals surface area contributed by atoms with Gasteiger partial charge in [0.2, 0.25) is 0 Å². The Labute approximate surface area is 223 Å². The first-order valence-corrected chi connectivity index (χ1v) is 12.4. The van der Waals surface area contributed by atoms with Crippen LogP contribution in [0.5, 0.6) is 5.75 Å². The Morgan fingerprint density at radius 3 is 2.51 bits per heavy atom. The molecular formula is C27H27F2N7O3. The van der Waals surface area contributed by atoms with E-state index in [-0.39, 0.29) is 22.8 Å². The van der Waals surface area contributed by atoms with E-state index in [4.69, 9.17) is 15.2 Å². The molecular weight excluding hydrogens is 508 g/mol. The molecule has 1 aliphatic heterocycles. The number of anilines is 1. The lowest BCUT2D eigenvalue weighted by Crippen LogP contribution is -2.38. The smallest absolute Gasteiger partial charge is 0.387 e. The summed E-state index contributed by atoms with van der Waals surface area (Å²) in [5, 5.41) is 9.03. The van der Waals surface area contributed by atoms with Gasteiger partial charge in [0.1, 0.15) is 11.4 Å². The van der Waals surface area contributed by atoms with Gasteiger partial charge in [0.05, 0.1) is 31.0 Å². The second kappa shape index (κ2) is 12.0. The van der Waals surface area contributed by atoms with Crippen molar-refractivity contribution in [2.24, 2.45) is 5.73 Å². The predicted molar refractivity (Wildman–Crippen MR) is 142 cm³/mol. The molecule has 10 nitrogen and oxygen atoms in total. The second-order valence-electron chi connectivity index (χ2n) is 8.79. The summed E-state index contributed by atoms with van der Waals surface area (Å²) in [4.78, 5) is 23.7. The van der Waals surface area contributed by atoms with E-state index in [0.717, 1.165) is 30.1 Å². The van der Waals surface area contributed by atoms with Crippen LogP contribution in [-0.2, 0) is 16.1 Å². The van der Waals surface area contributed by atoms with Gasteiger partial charge >= 0.3 is 6.61 Å². The van der Waals surface area contributed by atoms with E-state index in [1.165, 1.54) is 18.5 Å². The highest BCUT2D eigenvalue weighted by Crippen LogP contribution is 2.38. The summed E-state index contributed by atoms with van der Waals surface area (Å²) >= 11 is 0. The summed E-state index contributed by atoms with van der Waals surface area (Å²) in [6, 6.07) is 12.2. The SMILES string of the molecule is NC=C(C(=O)Nc1cn(CCN2CCOCC2)nc1-c1cc2ccccc2cc1OC(F)F)c1ncccn1. The van der Waals surface area contributed by atoms with Crippen LogP contribution < -0.4 is 15.8 Å². The number of carbonyl (C=O) groups excluding carboxylic acids is 1. The van der Waals surface area contributed by atoms with Crippen molar-refractivity contribution < 1.29 is 23.0 Å². The molecule has 2 aromatic heterocycles. The van der Waals surface area contributed by atoms with Gasteiger partial charge in [0.25, 0.3) is 5.91 Å². The number of halogens is 2. The Morgan fingerprint density at radius 2 is 1.82 bits per heavy atom. The van der Waals surface area contributed by atoms with Crippen molar-refractivity contribution in [1.29, 1.82) is 0 Å². The fourth-order valence-corrected chi connectivity index (χ4v) is 4.37. The van der Waals surface area contributed by atoms with Crippen LogP contribution in [0.2, 0.25) is 0 Å². The monoisotopic (exact) mass is 535 g/mol. The predicted octanol–water partition coefficient (Wildman–Crippen LogP) is 3.37. The van der Waals surface area contributed by atoms with Crippen molar-refractivity contribution >= 4 is 27.9 Å². The van der Waals surface area contributed by atoms with Crippen LogP contribution in [0, 0.1) is 0 Å². The topological polar surface area (TPSA) is 120 Å². The minimum absolute atomic E-state index is 0.0465. The summed E-state index contributed by atoms with van der Waals surface area (Å²) in [5.41, 5.74) is 6.67. The zero-order valence-electron chi connectivity index (χ0n) is 21.0. The summed E-state index contributed by atoms with van der Waals surface area (Å²) < 4.78 is 38.8. The minimum atomic E-state index is -3.05. The van der Waals surface area contributed by atoms with Gasteiger partial charge in [-0.2, -0.15) is 13.9 Å². The molecule has 0 aliphatic carbocycles. The van der Waals surface area contributed by atoms with E-state index in [1.54, 1.807) is 29.1 Å². The zero-order chi connectivity index (χ0) is 27.2. The molecule has 4 aromatic rings. The fourth-order valence-electron chi connectivity index (χ4n) is 4.37. The Morgan fingerprint density at radius 1 is 1.10 bits per heavy atom. The average Bonchev–Trinajstić information content (AvgIpc) is 3.35. The van der Waals surface area contributed by atoms with Gasteiger partial charge in [-0.1, -0.05) is 24.3 Å². The quantitative estimate of drug-likeness (QED) is 0.313. The number of hydrogen-bond donors (Lipinski definition) is 2. The van der Waals surface area contributed by atoms with E-state index < -0.39 is 12.5 Å². The largest absolute Gasteiger partial charge is 0.434 e. The normalized spacial score (nSPS) is 14.6. The van der Waals surface area contributed by atoms with Crippen molar-refractivity contribution in [3.8, 4) is 17.0 Å². The summed E-state index contributed by atoms with van der Waals surface area (Å²) in [5.74, 6) is -0.486. The fraction of sp³-hybridized carbons (Fsp3) is 0.259. The Balaban J connectivity index is 1.53. The molecule has 0 saturated carbocycles. The third-order valence-corrected chi connectivity index (χ3v) is 6.30. The van der Waals surface area contributed by atoms with E-state index in [9.17, 15) is 13.6 Å². The third kappa shape index (κ3) is 6.19. The number of carbonyl (C=O) groups is 1. The Kier molecular flexibility index (Phi) is 8.04. The first-order valence-electron chi connectivity index (χ1n) is 12.4. The maximum atomic E-state index is 13.4. The van der Waals surface area contributed by atoms with Crippen molar-refractivity contribution in [3.63, 3.8) is 0 Å². The van der Waals surface area contributed by atoms with E-state index in [0.29, 0.717) is 37.6 Å².